The zero-order chi connectivity index (χ0) is 42.4. The Bertz CT molecular complexity index is 1470. The smallest absolute Gasteiger partial charge is 0.255 e. The standard InChI is InChI=1S/C38H61N5O14/c1-21-11-23(31(50)25(13-21)37(56)40-15-27(46)33(52)35(54)29(48)19-44)17-42-7-3-5-39-6-4-8-43(10-9-42)18-24-12-22(2)14-26(32(24)51)38(57)41-16-28(47)34(53)36(55)30(49)20-45/h11-14,27-30,33-36,39,44-55H,3-10,15-20H2,1-2H3,(H,40,56)(H,41,57). The van der Waals surface area contributed by atoms with E-state index in [9.17, 15) is 60.7 Å². The van der Waals surface area contributed by atoms with Gasteiger partial charge in [-0.2, -0.15) is 0 Å². The fourth-order valence-corrected chi connectivity index (χ4v) is 6.53. The average Bonchev–Trinajstić information content (AvgIpc) is 3.24. The van der Waals surface area contributed by atoms with E-state index in [0.29, 0.717) is 48.4 Å². The van der Waals surface area contributed by atoms with Gasteiger partial charge in [-0.05, 0) is 76.1 Å². The Morgan fingerprint density at radius 3 is 1.30 bits per heavy atom. The van der Waals surface area contributed by atoms with Crippen LogP contribution in [0.3, 0.4) is 0 Å². The summed E-state index contributed by atoms with van der Waals surface area (Å²) in [5.41, 5.74) is 2.16. The number of aryl methyl sites for hydroxylation is 2. The molecule has 0 bridgehead atoms. The minimum Gasteiger partial charge on any atom is -0.507 e. The maximum Gasteiger partial charge on any atom is 0.255 e. The molecule has 0 spiro atoms. The molecule has 19 heteroatoms. The summed E-state index contributed by atoms with van der Waals surface area (Å²) in [6.45, 7) is 5.12. The van der Waals surface area contributed by atoms with E-state index in [1.807, 2.05) is 0 Å². The molecular formula is C38H61N5O14. The number of carbonyl (C=O) groups excluding carboxylic acids is 2. The van der Waals surface area contributed by atoms with Crippen molar-refractivity contribution in [3.8, 4) is 11.5 Å². The third kappa shape index (κ3) is 14.1. The van der Waals surface area contributed by atoms with Gasteiger partial charge in [-0.25, -0.2) is 0 Å². The van der Waals surface area contributed by atoms with E-state index in [2.05, 4.69) is 25.8 Å². The van der Waals surface area contributed by atoms with Gasteiger partial charge in [-0.3, -0.25) is 19.4 Å². The number of hydrogen-bond donors (Lipinski definition) is 15. The molecule has 1 fully saturated rings. The summed E-state index contributed by atoms with van der Waals surface area (Å²) in [6.07, 6.45) is -12.7. The molecule has 3 rings (SSSR count). The van der Waals surface area contributed by atoms with Gasteiger partial charge >= 0.3 is 0 Å². The zero-order valence-electron chi connectivity index (χ0n) is 32.4. The average molecular weight is 812 g/mol. The quantitative estimate of drug-likeness (QED) is 0.0678. The highest BCUT2D eigenvalue weighted by Gasteiger charge is 2.32. The van der Waals surface area contributed by atoms with Crippen LogP contribution in [0.4, 0.5) is 0 Å². The predicted molar refractivity (Wildman–Crippen MR) is 205 cm³/mol. The number of nitrogens with one attached hydrogen (secondary N) is 3. The van der Waals surface area contributed by atoms with Crippen LogP contribution in [0.5, 0.6) is 11.5 Å². The summed E-state index contributed by atoms with van der Waals surface area (Å²) in [6, 6.07) is 6.47. The Balaban J connectivity index is 1.72. The maximum atomic E-state index is 13.1. The fourth-order valence-electron chi connectivity index (χ4n) is 6.53. The van der Waals surface area contributed by atoms with Gasteiger partial charge in [-0.15, -0.1) is 0 Å². The number of phenols is 2. The number of carbonyl (C=O) groups is 2. The van der Waals surface area contributed by atoms with E-state index >= 15 is 0 Å². The number of hydrogen-bond acceptors (Lipinski definition) is 17. The SMILES string of the molecule is Cc1cc(CN2CCCNCCCN(Cc3cc(C)cc(C(=O)NCC(O)C(O)C(O)C(O)CO)c3O)CC2)c(O)c(C(=O)NCC(O)C(O)C(O)C(O)CO)c1. The van der Waals surface area contributed by atoms with E-state index in [-0.39, 0.29) is 35.7 Å². The second-order valence-electron chi connectivity index (χ2n) is 14.7. The molecule has 1 heterocycles. The largest absolute Gasteiger partial charge is 0.507 e. The number of rotatable bonds is 18. The first-order valence-corrected chi connectivity index (χ1v) is 19.0. The molecule has 2 aromatic rings. The summed E-state index contributed by atoms with van der Waals surface area (Å²) >= 11 is 0. The third-order valence-electron chi connectivity index (χ3n) is 9.93. The molecule has 19 nitrogen and oxygen atoms in total. The van der Waals surface area contributed by atoms with Gasteiger partial charge in [0.2, 0.25) is 0 Å². The molecular weight excluding hydrogens is 750 g/mol. The van der Waals surface area contributed by atoms with Crippen LogP contribution in [-0.2, 0) is 13.1 Å². The lowest BCUT2D eigenvalue weighted by molar-refractivity contribution is -0.113. The van der Waals surface area contributed by atoms with Gasteiger partial charge in [0, 0.05) is 50.4 Å². The first kappa shape index (κ1) is 47.8. The molecule has 0 saturated carbocycles. The summed E-state index contributed by atoms with van der Waals surface area (Å²) in [5, 5.41) is 128. The minimum absolute atomic E-state index is 0.0673. The van der Waals surface area contributed by atoms with Crippen molar-refractivity contribution in [2.75, 3.05) is 65.6 Å². The van der Waals surface area contributed by atoms with Crippen LogP contribution >= 0.6 is 0 Å². The summed E-state index contributed by atoms with van der Waals surface area (Å²) in [7, 11) is 0. The van der Waals surface area contributed by atoms with Crippen molar-refractivity contribution in [2.45, 2.75) is 88.6 Å². The van der Waals surface area contributed by atoms with Crippen molar-refractivity contribution < 1.29 is 70.9 Å². The highest BCUT2D eigenvalue weighted by Crippen LogP contribution is 2.28. The summed E-state index contributed by atoms with van der Waals surface area (Å²) in [4.78, 5) is 30.5. The molecule has 2 amide bonds. The lowest BCUT2D eigenvalue weighted by Crippen LogP contribution is -2.49. The molecule has 8 atom stereocenters. The monoisotopic (exact) mass is 811 g/mol. The van der Waals surface area contributed by atoms with E-state index in [4.69, 9.17) is 10.2 Å². The lowest BCUT2D eigenvalue weighted by Gasteiger charge is -2.28. The molecule has 0 aliphatic carbocycles. The number of nitrogens with zero attached hydrogens (tertiary/aromatic N) is 2. The first-order chi connectivity index (χ1) is 27.0. The molecule has 1 saturated heterocycles. The van der Waals surface area contributed by atoms with Crippen molar-refractivity contribution in [3.05, 3.63) is 57.6 Å². The fraction of sp³-hybridized carbons (Fsp3) is 0.632. The van der Waals surface area contributed by atoms with Gasteiger partial charge in [0.25, 0.3) is 11.8 Å². The molecule has 0 aromatic heterocycles. The number of aromatic hydroxyl groups is 2. The maximum absolute atomic E-state index is 13.1. The lowest BCUT2D eigenvalue weighted by atomic mass is 10.0. The van der Waals surface area contributed by atoms with Crippen LogP contribution in [-0.4, -0.2) is 197 Å². The van der Waals surface area contributed by atoms with Crippen molar-refractivity contribution >= 4 is 11.8 Å². The molecule has 0 radical (unpaired) electrons. The van der Waals surface area contributed by atoms with Crippen LogP contribution in [0, 0.1) is 13.8 Å². The molecule has 1 aliphatic heterocycles. The highest BCUT2D eigenvalue weighted by atomic mass is 16.4. The van der Waals surface area contributed by atoms with Crippen LogP contribution in [0.2, 0.25) is 0 Å². The van der Waals surface area contributed by atoms with E-state index < -0.39 is 86.9 Å². The van der Waals surface area contributed by atoms with Crippen LogP contribution < -0.4 is 16.0 Å². The molecule has 57 heavy (non-hydrogen) atoms. The zero-order valence-corrected chi connectivity index (χ0v) is 32.4. The van der Waals surface area contributed by atoms with E-state index in [1.165, 1.54) is 12.1 Å². The van der Waals surface area contributed by atoms with Crippen molar-refractivity contribution in [3.63, 3.8) is 0 Å². The van der Waals surface area contributed by atoms with Gasteiger partial charge in [0.05, 0.1) is 36.5 Å². The Kier molecular flexibility index (Phi) is 19.4. The number of phenolic OH excluding ortho intramolecular Hbond substituents is 2. The number of amides is 2. The number of benzene rings is 2. The Morgan fingerprint density at radius 1 is 0.596 bits per heavy atom. The second-order valence-corrected chi connectivity index (χ2v) is 14.7. The van der Waals surface area contributed by atoms with Crippen molar-refractivity contribution in [1.29, 1.82) is 0 Å². The molecule has 322 valence electrons. The minimum atomic E-state index is -1.87. The van der Waals surface area contributed by atoms with Gasteiger partial charge in [0.15, 0.2) is 0 Å². The van der Waals surface area contributed by atoms with Crippen LogP contribution in [0.25, 0.3) is 0 Å². The second kappa shape index (κ2) is 23.2. The Labute approximate surface area is 331 Å². The van der Waals surface area contributed by atoms with Crippen molar-refractivity contribution in [1.82, 2.24) is 25.8 Å². The van der Waals surface area contributed by atoms with Gasteiger partial charge in [-0.1, -0.05) is 12.1 Å². The van der Waals surface area contributed by atoms with Gasteiger partial charge < -0.3 is 77.2 Å². The van der Waals surface area contributed by atoms with Crippen molar-refractivity contribution in [2.24, 2.45) is 0 Å². The van der Waals surface area contributed by atoms with Crippen LogP contribution in [0.1, 0.15) is 55.8 Å². The molecule has 2 aromatic carbocycles. The Morgan fingerprint density at radius 2 is 0.947 bits per heavy atom. The molecule has 15 N–H and O–H groups in total. The number of aliphatic hydroxyl groups excluding tert-OH is 10. The van der Waals surface area contributed by atoms with Crippen LogP contribution in [0.15, 0.2) is 24.3 Å². The third-order valence-corrected chi connectivity index (χ3v) is 9.93. The normalized spacial score (nSPS) is 19.3. The first-order valence-electron chi connectivity index (χ1n) is 19.0. The Hall–Kier alpha value is -3.54. The van der Waals surface area contributed by atoms with Gasteiger partial charge in [0.1, 0.15) is 48.1 Å². The molecule has 8 unspecified atom stereocenters. The van der Waals surface area contributed by atoms with E-state index in [0.717, 1.165) is 25.9 Å². The summed E-state index contributed by atoms with van der Waals surface area (Å²) in [5.74, 6) is -2.04. The molecule has 1 aliphatic rings. The summed E-state index contributed by atoms with van der Waals surface area (Å²) < 4.78 is 0. The van der Waals surface area contributed by atoms with E-state index in [1.54, 1.807) is 26.0 Å². The predicted octanol–water partition coefficient (Wildman–Crippen LogP) is -4.27. The number of aliphatic hydroxyl groups is 10. The highest BCUT2D eigenvalue weighted by molar-refractivity contribution is 5.98. The topological polar surface area (TPSA) is 319 Å².